The topological polar surface area (TPSA) is 136 Å². The Labute approximate surface area is 216 Å². The van der Waals surface area contributed by atoms with E-state index in [1.54, 1.807) is 24.5 Å². The van der Waals surface area contributed by atoms with E-state index in [1.807, 2.05) is 12.1 Å². The van der Waals surface area contributed by atoms with Crippen LogP contribution in [-0.2, 0) is 12.8 Å². The molecule has 2 aromatic heterocycles. The van der Waals surface area contributed by atoms with Gasteiger partial charge in [0.05, 0.1) is 17.7 Å². The number of allylic oxidation sites excluding steroid dienone is 2. The molecule has 0 bridgehead atoms. The summed E-state index contributed by atoms with van der Waals surface area (Å²) in [7, 11) is 0. The van der Waals surface area contributed by atoms with Gasteiger partial charge in [0.15, 0.2) is 17.3 Å². The quantitative estimate of drug-likeness (QED) is 0.401. The monoisotopic (exact) mass is 486 g/mol. The highest BCUT2D eigenvalue weighted by molar-refractivity contribution is 5.94. The molecular weight excluding hydrogens is 476 g/mol. The van der Waals surface area contributed by atoms with Crippen LogP contribution in [0.5, 0.6) is 0 Å². The van der Waals surface area contributed by atoms with E-state index >= 15 is 0 Å². The van der Waals surface area contributed by atoms with Crippen molar-refractivity contribution in [3.05, 3.63) is 115 Å². The van der Waals surface area contributed by atoms with E-state index in [1.165, 1.54) is 12.4 Å². The normalized spacial score (nSPS) is 12.7. The molecule has 0 amide bonds. The molecule has 0 spiro atoms. The molecule has 2 aliphatic carbocycles. The predicted octanol–water partition coefficient (Wildman–Crippen LogP) is 2.81. The molecular formula is C28H10N10. The van der Waals surface area contributed by atoms with Gasteiger partial charge in [0.2, 0.25) is 0 Å². The number of hydrogen-bond acceptors (Lipinski definition) is 7. The number of rotatable bonds is 2. The van der Waals surface area contributed by atoms with E-state index < -0.39 is 0 Å². The Hall–Kier alpha value is -6.46. The Morgan fingerprint density at radius 3 is 1.71 bits per heavy atom. The Morgan fingerprint density at radius 2 is 1.24 bits per heavy atom. The third-order valence-electron chi connectivity index (χ3n) is 6.30. The van der Waals surface area contributed by atoms with Crippen molar-refractivity contribution in [3.8, 4) is 41.0 Å². The number of benzene rings is 1. The first-order valence-corrected chi connectivity index (χ1v) is 10.9. The van der Waals surface area contributed by atoms with Gasteiger partial charge in [-0.05, 0) is 34.9 Å². The molecule has 0 saturated heterocycles. The molecule has 0 unspecified atom stereocenters. The fraction of sp³-hybridized carbons (Fsp3) is 0.0714. The number of hydrogen-bond donors (Lipinski definition) is 0. The predicted molar refractivity (Wildman–Crippen MR) is 133 cm³/mol. The summed E-state index contributed by atoms with van der Waals surface area (Å²) < 4.78 is 0. The summed E-state index contributed by atoms with van der Waals surface area (Å²) in [5.74, 6) is 0.306. The van der Waals surface area contributed by atoms with Crippen molar-refractivity contribution in [2.75, 3.05) is 0 Å². The second-order valence-electron chi connectivity index (χ2n) is 8.01. The molecule has 38 heavy (non-hydrogen) atoms. The van der Waals surface area contributed by atoms with Crippen molar-refractivity contribution in [1.29, 1.82) is 15.8 Å². The van der Waals surface area contributed by atoms with Gasteiger partial charge in [-0.2, -0.15) is 25.5 Å². The Balaban J connectivity index is 2.15. The minimum absolute atomic E-state index is 0.0399. The first kappa shape index (κ1) is 23.3. The van der Waals surface area contributed by atoms with Crippen LogP contribution in [0.3, 0.4) is 0 Å². The fourth-order valence-corrected chi connectivity index (χ4v) is 4.89. The van der Waals surface area contributed by atoms with Crippen LogP contribution in [0.2, 0.25) is 0 Å². The molecule has 2 aliphatic rings. The van der Waals surface area contributed by atoms with E-state index in [0.29, 0.717) is 32.7 Å². The maximum atomic E-state index is 10.3. The highest BCUT2D eigenvalue weighted by Gasteiger charge is 2.37. The Morgan fingerprint density at radius 1 is 0.737 bits per heavy atom. The molecule has 3 aromatic rings. The van der Waals surface area contributed by atoms with E-state index in [4.69, 9.17) is 19.7 Å². The highest BCUT2D eigenvalue weighted by Crippen LogP contribution is 2.38. The van der Waals surface area contributed by atoms with Crippen molar-refractivity contribution < 1.29 is 0 Å². The summed E-state index contributed by atoms with van der Waals surface area (Å²) in [6.07, 6.45) is 6.25. The van der Waals surface area contributed by atoms with Crippen LogP contribution in [0.4, 0.5) is 0 Å². The second-order valence-corrected chi connectivity index (χ2v) is 8.01. The van der Waals surface area contributed by atoms with Gasteiger partial charge >= 0.3 is 5.82 Å². The second kappa shape index (κ2) is 9.30. The first-order chi connectivity index (χ1) is 18.6. The van der Waals surface area contributed by atoms with Crippen LogP contribution >= 0.6 is 0 Å². The zero-order valence-corrected chi connectivity index (χ0v) is 19.4. The van der Waals surface area contributed by atoms with E-state index in [0.717, 1.165) is 0 Å². The molecule has 172 valence electrons. The van der Waals surface area contributed by atoms with Gasteiger partial charge < -0.3 is 0 Å². The fourth-order valence-electron chi connectivity index (χ4n) is 4.89. The average Bonchev–Trinajstić information content (AvgIpc) is 3.52. The molecule has 0 radical (unpaired) electrons. The van der Waals surface area contributed by atoms with Crippen LogP contribution in [0.25, 0.3) is 48.6 Å². The SMILES string of the molecule is [C-]#[N+]C([N+]#[C-])=C1Cc2c(-c3ncccn3)c3c(c(-c4ncccn4)c2=C1[N+]#[C-])CC(=C(C#N)C#N)C=3C#N. The maximum Gasteiger partial charge on any atom is 0.512 e. The van der Waals surface area contributed by atoms with E-state index in [-0.39, 0.29) is 58.3 Å². The molecule has 0 fully saturated rings. The molecule has 2 heterocycles. The van der Waals surface area contributed by atoms with Gasteiger partial charge in [-0.3, -0.25) is 0 Å². The van der Waals surface area contributed by atoms with Gasteiger partial charge in [-0.25, -0.2) is 24.8 Å². The summed E-state index contributed by atoms with van der Waals surface area (Å²) in [6, 6.07) is 9.20. The molecule has 5 rings (SSSR count). The van der Waals surface area contributed by atoms with Crippen molar-refractivity contribution in [1.82, 2.24) is 19.9 Å². The zero-order chi connectivity index (χ0) is 26.8. The summed E-state index contributed by atoms with van der Waals surface area (Å²) >= 11 is 0. The minimum atomic E-state index is -0.228. The van der Waals surface area contributed by atoms with Crippen molar-refractivity contribution in [2.45, 2.75) is 12.8 Å². The third kappa shape index (κ3) is 3.29. The minimum Gasteiger partial charge on any atom is -0.238 e. The number of nitriles is 3. The standard InChI is InChI=1S/C28H10N10/c1-32-25-19(26(33-2)34-3)11-18-22(25)24(28-37-8-5-9-38-28)17-10-16(15(12-29)13-30)20(14-31)21(17)23(18)27-35-6-4-7-36-27/h4-9H,10-11H2. The summed E-state index contributed by atoms with van der Waals surface area (Å²) in [4.78, 5) is 28.1. The van der Waals surface area contributed by atoms with E-state index in [2.05, 4.69) is 40.5 Å². The lowest BCUT2D eigenvalue weighted by atomic mass is 9.92. The molecule has 0 atom stereocenters. The molecule has 10 nitrogen and oxygen atoms in total. The van der Waals surface area contributed by atoms with Crippen molar-refractivity contribution >= 4 is 11.3 Å². The van der Waals surface area contributed by atoms with Crippen LogP contribution in [0, 0.1) is 53.7 Å². The molecule has 1 aromatic carbocycles. The van der Waals surface area contributed by atoms with Gasteiger partial charge in [0, 0.05) is 53.1 Å². The summed E-state index contributed by atoms with van der Waals surface area (Å²) in [5, 5.41) is 30.4. The smallest absolute Gasteiger partial charge is 0.238 e. The molecule has 0 saturated carbocycles. The van der Waals surface area contributed by atoms with Crippen LogP contribution in [0.15, 0.2) is 59.5 Å². The van der Waals surface area contributed by atoms with Crippen molar-refractivity contribution in [2.24, 2.45) is 0 Å². The van der Waals surface area contributed by atoms with Gasteiger partial charge in [0.1, 0.15) is 36.9 Å². The molecule has 10 heteroatoms. The van der Waals surface area contributed by atoms with Gasteiger partial charge in [0.25, 0.3) is 0 Å². The lowest BCUT2D eigenvalue weighted by molar-refractivity contribution is 1.10. The maximum absolute atomic E-state index is 10.3. The van der Waals surface area contributed by atoms with Crippen LogP contribution in [0.1, 0.15) is 11.1 Å². The highest BCUT2D eigenvalue weighted by atomic mass is 14.9. The van der Waals surface area contributed by atoms with E-state index in [9.17, 15) is 15.8 Å². The third-order valence-corrected chi connectivity index (χ3v) is 6.30. The average molecular weight is 486 g/mol. The largest absolute Gasteiger partial charge is 0.512 e. The lowest BCUT2D eigenvalue weighted by Crippen LogP contribution is -2.25. The van der Waals surface area contributed by atoms with Crippen LogP contribution in [-0.4, -0.2) is 19.9 Å². The van der Waals surface area contributed by atoms with Crippen molar-refractivity contribution in [3.63, 3.8) is 0 Å². The Kier molecular flexibility index (Phi) is 5.70. The van der Waals surface area contributed by atoms with Gasteiger partial charge in [-0.15, -0.1) is 0 Å². The lowest BCUT2D eigenvalue weighted by Gasteiger charge is -2.14. The number of aromatic nitrogens is 4. The van der Waals surface area contributed by atoms with Gasteiger partial charge in [-0.1, -0.05) is 0 Å². The molecule has 0 N–H and O–H groups in total. The molecule has 0 aliphatic heterocycles. The Bertz CT molecular complexity index is 1830. The zero-order valence-electron chi connectivity index (χ0n) is 19.4. The number of nitrogens with zero attached hydrogens (tertiary/aromatic N) is 10. The number of fused-ring (bicyclic) bond motifs is 2. The summed E-state index contributed by atoms with van der Waals surface area (Å²) in [5.41, 5.74) is 2.55. The summed E-state index contributed by atoms with van der Waals surface area (Å²) in [6.45, 7) is 23.0. The van der Waals surface area contributed by atoms with Crippen LogP contribution < -0.4 is 10.4 Å². The first-order valence-electron chi connectivity index (χ1n) is 10.9.